The Kier molecular flexibility index (Phi) is 3.89. The summed E-state index contributed by atoms with van der Waals surface area (Å²) in [6.07, 6.45) is 2.77. The van der Waals surface area contributed by atoms with E-state index in [9.17, 15) is 4.39 Å². The summed E-state index contributed by atoms with van der Waals surface area (Å²) in [5.41, 5.74) is 3.20. The van der Waals surface area contributed by atoms with Crippen molar-refractivity contribution < 1.29 is 4.39 Å². The molecule has 0 atom stereocenters. The Labute approximate surface area is 113 Å². The number of hydrogen-bond donors (Lipinski definition) is 1. The van der Waals surface area contributed by atoms with Crippen LogP contribution in [0.4, 0.5) is 4.39 Å². The van der Waals surface area contributed by atoms with Gasteiger partial charge in [0.05, 0.1) is 5.02 Å². The van der Waals surface area contributed by atoms with Crippen molar-refractivity contribution in [3.8, 4) is 0 Å². The summed E-state index contributed by atoms with van der Waals surface area (Å²) < 4.78 is 14.4. The summed E-state index contributed by atoms with van der Waals surface area (Å²) in [5, 5.41) is 3.48. The van der Waals surface area contributed by atoms with E-state index in [1.807, 2.05) is 13.0 Å². The molecule has 0 spiro atoms. The summed E-state index contributed by atoms with van der Waals surface area (Å²) in [4.78, 5) is 0. The number of rotatable bonds is 2. The summed E-state index contributed by atoms with van der Waals surface area (Å²) in [7, 11) is 0. The van der Waals surface area contributed by atoms with Crippen LogP contribution in [0.25, 0.3) is 0 Å². The SMILES string of the molecule is CC1=C(Cc2ccc(Cl)c(F)c2)NCC(Br)=C1. The number of nitrogens with one attached hydrogen (secondary N) is 1. The molecule has 0 amide bonds. The van der Waals surface area contributed by atoms with Crippen molar-refractivity contribution in [2.45, 2.75) is 13.3 Å². The average molecular weight is 317 g/mol. The minimum absolute atomic E-state index is 0.165. The average Bonchev–Trinajstić information content (AvgIpc) is 2.27. The van der Waals surface area contributed by atoms with E-state index >= 15 is 0 Å². The number of benzene rings is 1. The van der Waals surface area contributed by atoms with Crippen molar-refractivity contribution in [1.82, 2.24) is 5.32 Å². The van der Waals surface area contributed by atoms with Crippen LogP contribution in [0.2, 0.25) is 5.02 Å². The van der Waals surface area contributed by atoms with Crippen LogP contribution in [0.5, 0.6) is 0 Å². The fraction of sp³-hybridized carbons (Fsp3) is 0.231. The van der Waals surface area contributed by atoms with E-state index in [2.05, 4.69) is 27.3 Å². The van der Waals surface area contributed by atoms with E-state index in [-0.39, 0.29) is 10.8 Å². The fourth-order valence-electron chi connectivity index (χ4n) is 1.76. The largest absolute Gasteiger partial charge is 0.383 e. The Balaban J connectivity index is 2.21. The second-order valence-corrected chi connectivity index (χ2v) is 5.46. The number of hydrogen-bond acceptors (Lipinski definition) is 1. The predicted molar refractivity (Wildman–Crippen MR) is 72.8 cm³/mol. The van der Waals surface area contributed by atoms with E-state index in [1.54, 1.807) is 6.07 Å². The lowest BCUT2D eigenvalue weighted by atomic mass is 10.0. The van der Waals surface area contributed by atoms with Gasteiger partial charge in [0, 0.05) is 23.1 Å². The molecule has 90 valence electrons. The molecule has 1 aliphatic rings. The van der Waals surface area contributed by atoms with Gasteiger partial charge in [0.1, 0.15) is 5.82 Å². The predicted octanol–water partition coefficient (Wildman–Crippen LogP) is 4.18. The van der Waals surface area contributed by atoms with E-state index in [0.29, 0.717) is 6.42 Å². The molecule has 1 aliphatic heterocycles. The lowest BCUT2D eigenvalue weighted by Gasteiger charge is -2.18. The minimum Gasteiger partial charge on any atom is -0.383 e. The molecular weight excluding hydrogens is 305 g/mol. The van der Waals surface area contributed by atoms with Crippen LogP contribution in [-0.4, -0.2) is 6.54 Å². The molecule has 1 N–H and O–H groups in total. The molecule has 0 aromatic heterocycles. The Hall–Kier alpha value is -0.800. The monoisotopic (exact) mass is 315 g/mol. The van der Waals surface area contributed by atoms with E-state index < -0.39 is 0 Å². The maximum atomic E-state index is 13.3. The lowest BCUT2D eigenvalue weighted by Crippen LogP contribution is -2.21. The molecule has 1 aromatic carbocycles. The first-order chi connectivity index (χ1) is 8.06. The fourth-order valence-corrected chi connectivity index (χ4v) is 2.36. The van der Waals surface area contributed by atoms with Crippen LogP contribution in [-0.2, 0) is 6.42 Å². The molecular formula is C13H12BrClFN. The van der Waals surface area contributed by atoms with Gasteiger partial charge in [0.2, 0.25) is 0 Å². The van der Waals surface area contributed by atoms with E-state index in [4.69, 9.17) is 11.6 Å². The topological polar surface area (TPSA) is 12.0 Å². The Morgan fingerprint density at radius 3 is 2.88 bits per heavy atom. The van der Waals surface area contributed by atoms with Gasteiger partial charge in [-0.25, -0.2) is 4.39 Å². The van der Waals surface area contributed by atoms with Crippen molar-refractivity contribution in [3.05, 3.63) is 56.4 Å². The molecule has 17 heavy (non-hydrogen) atoms. The molecule has 1 nitrogen and oxygen atoms in total. The van der Waals surface area contributed by atoms with Crippen LogP contribution < -0.4 is 5.32 Å². The van der Waals surface area contributed by atoms with Crippen molar-refractivity contribution in [3.63, 3.8) is 0 Å². The molecule has 0 bridgehead atoms. The second-order valence-electron chi connectivity index (χ2n) is 4.03. The zero-order valence-electron chi connectivity index (χ0n) is 9.36. The zero-order chi connectivity index (χ0) is 12.4. The third-order valence-electron chi connectivity index (χ3n) is 2.68. The normalized spacial score (nSPS) is 15.6. The molecule has 0 saturated heterocycles. The first-order valence-electron chi connectivity index (χ1n) is 5.30. The van der Waals surface area contributed by atoms with Gasteiger partial charge in [-0.15, -0.1) is 0 Å². The highest BCUT2D eigenvalue weighted by Crippen LogP contribution is 2.21. The standard InChI is InChI=1S/C13H12BrClFN/c1-8-4-10(14)7-17-13(8)6-9-2-3-11(15)12(16)5-9/h2-5,17H,6-7H2,1H3. The van der Waals surface area contributed by atoms with Crippen molar-refractivity contribution in [2.24, 2.45) is 0 Å². The van der Waals surface area contributed by atoms with E-state index in [0.717, 1.165) is 22.3 Å². The maximum absolute atomic E-state index is 13.3. The van der Waals surface area contributed by atoms with Crippen LogP contribution in [0.15, 0.2) is 40.0 Å². The Morgan fingerprint density at radius 1 is 1.47 bits per heavy atom. The van der Waals surface area contributed by atoms with Gasteiger partial charge >= 0.3 is 0 Å². The van der Waals surface area contributed by atoms with Crippen molar-refractivity contribution in [1.29, 1.82) is 0 Å². The van der Waals surface area contributed by atoms with Gasteiger partial charge in [-0.2, -0.15) is 0 Å². The van der Waals surface area contributed by atoms with Gasteiger partial charge in [-0.1, -0.05) is 33.6 Å². The first kappa shape index (κ1) is 12.7. The van der Waals surface area contributed by atoms with Gasteiger partial charge in [0.15, 0.2) is 0 Å². The molecule has 0 radical (unpaired) electrons. The molecule has 0 unspecified atom stereocenters. The van der Waals surface area contributed by atoms with Gasteiger partial charge in [-0.05, 0) is 36.3 Å². The van der Waals surface area contributed by atoms with Crippen LogP contribution in [0.1, 0.15) is 12.5 Å². The van der Waals surface area contributed by atoms with Gasteiger partial charge in [-0.3, -0.25) is 0 Å². The van der Waals surface area contributed by atoms with Crippen LogP contribution >= 0.6 is 27.5 Å². The molecule has 2 rings (SSSR count). The summed E-state index contributed by atoms with van der Waals surface area (Å²) >= 11 is 9.10. The highest BCUT2D eigenvalue weighted by molar-refractivity contribution is 9.11. The maximum Gasteiger partial charge on any atom is 0.142 e. The highest BCUT2D eigenvalue weighted by atomic mass is 79.9. The zero-order valence-corrected chi connectivity index (χ0v) is 11.7. The summed E-state index contributed by atoms with van der Waals surface area (Å²) in [5.74, 6) is -0.366. The van der Waals surface area contributed by atoms with Crippen LogP contribution in [0, 0.1) is 5.82 Å². The first-order valence-corrected chi connectivity index (χ1v) is 6.47. The smallest absolute Gasteiger partial charge is 0.142 e. The van der Waals surface area contributed by atoms with E-state index in [1.165, 1.54) is 11.6 Å². The lowest BCUT2D eigenvalue weighted by molar-refractivity contribution is 0.626. The molecule has 0 fully saturated rings. The van der Waals surface area contributed by atoms with Gasteiger partial charge < -0.3 is 5.32 Å². The quantitative estimate of drug-likeness (QED) is 0.863. The third-order valence-corrected chi connectivity index (χ3v) is 3.50. The minimum atomic E-state index is -0.366. The Bertz CT molecular complexity index is 508. The highest BCUT2D eigenvalue weighted by Gasteiger charge is 2.10. The number of dihydropyridines is 1. The summed E-state index contributed by atoms with van der Waals surface area (Å²) in [6, 6.07) is 4.93. The van der Waals surface area contributed by atoms with Crippen molar-refractivity contribution >= 4 is 27.5 Å². The Morgan fingerprint density at radius 2 is 2.24 bits per heavy atom. The molecule has 0 aliphatic carbocycles. The number of halogens is 3. The van der Waals surface area contributed by atoms with Crippen molar-refractivity contribution in [2.75, 3.05) is 6.54 Å². The third kappa shape index (κ3) is 3.11. The molecule has 0 saturated carbocycles. The summed E-state index contributed by atoms with van der Waals surface area (Å²) in [6.45, 7) is 2.82. The molecule has 1 heterocycles. The van der Waals surface area contributed by atoms with Crippen LogP contribution in [0.3, 0.4) is 0 Å². The second kappa shape index (κ2) is 5.23. The molecule has 1 aromatic rings. The van der Waals surface area contributed by atoms with Gasteiger partial charge in [0.25, 0.3) is 0 Å². The number of allylic oxidation sites excluding steroid dienone is 3. The molecule has 4 heteroatoms.